The van der Waals surface area contributed by atoms with Gasteiger partial charge in [0.2, 0.25) is 5.91 Å². The average Bonchev–Trinajstić information content (AvgIpc) is 3.63. The Morgan fingerprint density at radius 2 is 1.81 bits per heavy atom. The number of ether oxygens (including phenoxy) is 2. The molecule has 1 unspecified atom stereocenters. The van der Waals surface area contributed by atoms with Crippen molar-refractivity contribution in [2.24, 2.45) is 16.7 Å². The van der Waals surface area contributed by atoms with Crippen LogP contribution in [0.1, 0.15) is 68.8 Å². The molecule has 2 aromatic heterocycles. The second-order valence-corrected chi connectivity index (χ2v) is 12.8. The van der Waals surface area contributed by atoms with Crippen LogP contribution in [0, 0.1) is 16.7 Å². The van der Waals surface area contributed by atoms with Crippen LogP contribution in [0.3, 0.4) is 0 Å². The minimum atomic E-state index is -1.29. The third-order valence-corrected chi connectivity index (χ3v) is 9.51. The number of rotatable bonds is 8. The number of benzene rings is 1. The molecule has 0 radical (unpaired) electrons. The predicted octanol–water partition coefficient (Wildman–Crippen LogP) is 4.15. The molecule has 222 valence electrons. The third kappa shape index (κ3) is 5.71. The molecule has 1 atom stereocenters. The second-order valence-electron chi connectivity index (χ2n) is 12.8. The number of hydrogen-bond donors (Lipinski definition) is 2. The fourth-order valence-corrected chi connectivity index (χ4v) is 6.77. The van der Waals surface area contributed by atoms with Gasteiger partial charge in [0.1, 0.15) is 6.61 Å². The fourth-order valence-electron chi connectivity index (χ4n) is 6.77. The van der Waals surface area contributed by atoms with Crippen molar-refractivity contribution in [1.82, 2.24) is 25.2 Å². The van der Waals surface area contributed by atoms with E-state index in [0.29, 0.717) is 36.6 Å². The van der Waals surface area contributed by atoms with Gasteiger partial charge in [-0.05, 0) is 74.0 Å². The van der Waals surface area contributed by atoms with Crippen molar-refractivity contribution in [2.75, 3.05) is 13.7 Å². The number of nitrogens with one attached hydrogen (secondary N) is 2. The fraction of sp³-hybridized carbons (Fsp3) is 0.531. The van der Waals surface area contributed by atoms with Crippen LogP contribution in [-0.4, -0.2) is 51.8 Å². The van der Waals surface area contributed by atoms with Gasteiger partial charge in [-0.3, -0.25) is 9.59 Å². The molecule has 2 aliphatic carbocycles. The highest BCUT2D eigenvalue weighted by Crippen LogP contribution is 2.56. The number of carbonyl (C=O) groups excluding carboxylic acids is 3. The number of carbonyl (C=O) groups is 3. The van der Waals surface area contributed by atoms with Crippen LogP contribution >= 0.6 is 0 Å². The first-order valence-corrected chi connectivity index (χ1v) is 14.9. The maximum atomic E-state index is 13.1. The number of piperidine rings is 1. The molecule has 3 aliphatic rings. The summed E-state index contributed by atoms with van der Waals surface area (Å²) in [6.07, 6.45) is 8.31. The first-order chi connectivity index (χ1) is 20.2. The molecule has 3 aromatic rings. The Morgan fingerprint density at radius 3 is 2.52 bits per heavy atom. The van der Waals surface area contributed by atoms with Crippen molar-refractivity contribution in [3.63, 3.8) is 0 Å². The SMILES string of the molecule is COC(=O)C1(Cc2ccc3nc(CC4(NC(=O)OCc5ccccc5)CCC(C)CC4)cn3n2)CC2(CC2)CNC1=O. The van der Waals surface area contributed by atoms with Crippen LogP contribution in [-0.2, 0) is 38.5 Å². The molecule has 1 aliphatic heterocycles. The van der Waals surface area contributed by atoms with Gasteiger partial charge in [-0.2, -0.15) is 5.10 Å². The summed E-state index contributed by atoms with van der Waals surface area (Å²) in [6, 6.07) is 13.3. The van der Waals surface area contributed by atoms with E-state index >= 15 is 0 Å². The highest BCUT2D eigenvalue weighted by molar-refractivity contribution is 6.03. The third-order valence-electron chi connectivity index (χ3n) is 9.51. The Labute approximate surface area is 245 Å². The van der Waals surface area contributed by atoms with Crippen LogP contribution < -0.4 is 10.6 Å². The van der Waals surface area contributed by atoms with Crippen molar-refractivity contribution >= 4 is 23.6 Å². The second kappa shape index (κ2) is 11.0. The van der Waals surface area contributed by atoms with Gasteiger partial charge in [-0.15, -0.1) is 0 Å². The minimum absolute atomic E-state index is 0.0184. The minimum Gasteiger partial charge on any atom is -0.468 e. The zero-order valence-corrected chi connectivity index (χ0v) is 24.4. The Morgan fingerprint density at radius 1 is 1.05 bits per heavy atom. The molecule has 1 saturated heterocycles. The van der Waals surface area contributed by atoms with Gasteiger partial charge in [-0.1, -0.05) is 37.3 Å². The Bertz CT molecular complexity index is 1460. The van der Waals surface area contributed by atoms with Crippen LogP contribution in [0.15, 0.2) is 48.7 Å². The Kier molecular flexibility index (Phi) is 7.41. The topological polar surface area (TPSA) is 124 Å². The highest BCUT2D eigenvalue weighted by atomic mass is 16.5. The Hall–Kier alpha value is -3.95. The molecule has 3 fully saturated rings. The lowest BCUT2D eigenvalue weighted by Gasteiger charge is -2.39. The lowest BCUT2D eigenvalue weighted by atomic mass is 9.71. The number of imidazole rings is 1. The van der Waals surface area contributed by atoms with E-state index in [1.54, 1.807) is 4.52 Å². The number of methoxy groups -OCH3 is 1. The van der Waals surface area contributed by atoms with Crippen LogP contribution in [0.2, 0.25) is 0 Å². The summed E-state index contributed by atoms with van der Waals surface area (Å²) >= 11 is 0. The summed E-state index contributed by atoms with van der Waals surface area (Å²) in [5.41, 5.74) is 1.26. The van der Waals surface area contributed by atoms with Crippen LogP contribution in [0.5, 0.6) is 0 Å². The highest BCUT2D eigenvalue weighted by Gasteiger charge is 2.60. The van der Waals surface area contributed by atoms with E-state index in [1.165, 1.54) is 7.11 Å². The number of fused-ring (bicyclic) bond motifs is 1. The summed E-state index contributed by atoms with van der Waals surface area (Å²) in [5.74, 6) is -0.212. The molecule has 2 saturated carbocycles. The normalized spacial score (nSPS) is 26.4. The van der Waals surface area contributed by atoms with Crippen molar-refractivity contribution < 1.29 is 23.9 Å². The van der Waals surface area contributed by atoms with E-state index in [-0.39, 0.29) is 24.3 Å². The molecule has 1 spiro atoms. The van der Waals surface area contributed by atoms with E-state index in [2.05, 4.69) is 17.6 Å². The van der Waals surface area contributed by atoms with Gasteiger partial charge >= 0.3 is 12.1 Å². The van der Waals surface area contributed by atoms with Gasteiger partial charge in [-0.25, -0.2) is 14.3 Å². The van der Waals surface area contributed by atoms with Crippen molar-refractivity contribution in [1.29, 1.82) is 0 Å². The van der Waals surface area contributed by atoms with Crippen molar-refractivity contribution in [3.8, 4) is 0 Å². The van der Waals surface area contributed by atoms with Gasteiger partial charge in [0.05, 0.1) is 24.7 Å². The van der Waals surface area contributed by atoms with Crippen LogP contribution in [0.4, 0.5) is 4.79 Å². The number of nitrogens with zero attached hydrogens (tertiary/aromatic N) is 3. The number of amides is 2. The Balaban J connectivity index is 1.20. The lowest BCUT2D eigenvalue weighted by Crippen LogP contribution is -2.56. The van der Waals surface area contributed by atoms with Gasteiger partial charge in [0, 0.05) is 24.9 Å². The van der Waals surface area contributed by atoms with E-state index in [0.717, 1.165) is 49.8 Å². The van der Waals surface area contributed by atoms with Gasteiger partial charge in [0.15, 0.2) is 11.1 Å². The molecule has 0 bridgehead atoms. The average molecular weight is 574 g/mol. The number of aromatic nitrogens is 3. The summed E-state index contributed by atoms with van der Waals surface area (Å²) in [4.78, 5) is 43.8. The monoisotopic (exact) mass is 573 g/mol. The predicted molar refractivity (Wildman–Crippen MR) is 154 cm³/mol. The molecule has 2 N–H and O–H groups in total. The molecule has 10 nitrogen and oxygen atoms in total. The number of hydrogen-bond acceptors (Lipinski definition) is 7. The van der Waals surface area contributed by atoms with Crippen molar-refractivity contribution in [3.05, 3.63) is 65.6 Å². The zero-order valence-electron chi connectivity index (χ0n) is 24.4. The number of esters is 1. The molecule has 3 heterocycles. The van der Waals surface area contributed by atoms with Gasteiger partial charge < -0.3 is 20.1 Å². The van der Waals surface area contributed by atoms with E-state index in [1.807, 2.05) is 48.7 Å². The van der Waals surface area contributed by atoms with Gasteiger partial charge in [0.25, 0.3) is 0 Å². The standard InChI is InChI=1S/C32H39N5O5/c1-22-10-12-31(13-11-22,35-29(40)42-19-23-6-4-3-5-7-23)16-25-18-37-26(34-25)9-8-24(36-37)17-32(28(39)41-2)20-30(14-15-30)21-33-27(32)38/h3-9,18,22H,10-17,19-21H2,1-2H3,(H,33,38)(H,35,40). The van der Waals surface area contributed by atoms with Crippen molar-refractivity contribution in [2.45, 2.75) is 76.9 Å². The molecular weight excluding hydrogens is 534 g/mol. The smallest absolute Gasteiger partial charge is 0.407 e. The van der Waals surface area contributed by atoms with E-state index in [9.17, 15) is 14.4 Å². The summed E-state index contributed by atoms with van der Waals surface area (Å²) in [7, 11) is 1.33. The molecule has 42 heavy (non-hydrogen) atoms. The molecule has 6 rings (SSSR count). The maximum Gasteiger partial charge on any atom is 0.407 e. The summed E-state index contributed by atoms with van der Waals surface area (Å²) < 4.78 is 12.4. The quantitative estimate of drug-likeness (QED) is 0.307. The summed E-state index contributed by atoms with van der Waals surface area (Å²) in [6.45, 7) is 3.06. The zero-order chi connectivity index (χ0) is 29.4. The van der Waals surface area contributed by atoms with Crippen LogP contribution in [0.25, 0.3) is 5.65 Å². The molecule has 10 heteroatoms. The molecule has 1 aromatic carbocycles. The van der Waals surface area contributed by atoms with E-state index in [4.69, 9.17) is 19.6 Å². The maximum absolute atomic E-state index is 13.1. The lowest BCUT2D eigenvalue weighted by molar-refractivity contribution is -0.163. The first-order valence-electron chi connectivity index (χ1n) is 14.9. The first kappa shape index (κ1) is 28.2. The van der Waals surface area contributed by atoms with E-state index < -0.39 is 23.0 Å². The summed E-state index contributed by atoms with van der Waals surface area (Å²) in [5, 5.41) is 10.9. The molecule has 2 amide bonds. The largest absolute Gasteiger partial charge is 0.468 e. The number of alkyl carbamates (subject to hydrolysis) is 1. The molecular formula is C32H39N5O5.